The highest BCUT2D eigenvalue weighted by molar-refractivity contribution is 5.38. The molecule has 2 nitrogen and oxygen atoms in total. The smallest absolute Gasteiger partial charge is 0.330 e. The van der Waals surface area contributed by atoms with E-state index in [0.717, 1.165) is 49.4 Å². The second-order valence-electron chi connectivity index (χ2n) is 10.3. The maximum atomic E-state index is 12.7. The van der Waals surface area contributed by atoms with Gasteiger partial charge in [0.2, 0.25) is 0 Å². The second-order valence-corrected chi connectivity index (χ2v) is 10.3. The first-order valence-corrected chi connectivity index (χ1v) is 11.4. The van der Waals surface area contributed by atoms with Gasteiger partial charge in [0.25, 0.3) is 0 Å². The van der Waals surface area contributed by atoms with Gasteiger partial charge in [0.05, 0.1) is 5.56 Å². The van der Waals surface area contributed by atoms with Crippen LogP contribution in [-0.4, -0.2) is 13.1 Å². The SMILES string of the molecule is CC(C)(C)c1cc(C(F)(F)F)ccc1CCCN.CC(C)(C)c1ccccc1CCCN. The van der Waals surface area contributed by atoms with Gasteiger partial charge >= 0.3 is 6.18 Å². The van der Waals surface area contributed by atoms with Crippen LogP contribution in [0.4, 0.5) is 13.2 Å². The normalized spacial score (nSPS) is 12.3. The lowest BCUT2D eigenvalue weighted by Crippen LogP contribution is -2.17. The number of hydrogen-bond acceptors (Lipinski definition) is 2. The Labute approximate surface area is 192 Å². The van der Waals surface area contributed by atoms with Crippen molar-refractivity contribution >= 4 is 0 Å². The molecule has 2 aromatic rings. The number of nitrogens with two attached hydrogens (primary N) is 2. The lowest BCUT2D eigenvalue weighted by Gasteiger charge is -2.24. The zero-order valence-corrected chi connectivity index (χ0v) is 20.6. The summed E-state index contributed by atoms with van der Waals surface area (Å²) in [5.74, 6) is 0. The van der Waals surface area contributed by atoms with Gasteiger partial charge in [-0.15, -0.1) is 0 Å². The zero-order valence-electron chi connectivity index (χ0n) is 20.6. The van der Waals surface area contributed by atoms with Gasteiger partial charge in [-0.05, 0) is 84.0 Å². The van der Waals surface area contributed by atoms with Crippen molar-refractivity contribution in [3.63, 3.8) is 0 Å². The van der Waals surface area contributed by atoms with Crippen LogP contribution in [0.1, 0.15) is 82.2 Å². The van der Waals surface area contributed by atoms with E-state index in [4.69, 9.17) is 11.5 Å². The molecule has 0 saturated carbocycles. The van der Waals surface area contributed by atoms with Gasteiger partial charge in [0.15, 0.2) is 0 Å². The molecule has 0 aromatic heterocycles. The molecule has 2 aromatic carbocycles. The summed E-state index contributed by atoms with van der Waals surface area (Å²) in [6.45, 7) is 13.9. The van der Waals surface area contributed by atoms with E-state index in [9.17, 15) is 13.2 Å². The van der Waals surface area contributed by atoms with Crippen molar-refractivity contribution in [3.05, 3.63) is 70.3 Å². The summed E-state index contributed by atoms with van der Waals surface area (Å²) in [5, 5.41) is 0. The van der Waals surface area contributed by atoms with Crippen molar-refractivity contribution in [2.75, 3.05) is 13.1 Å². The number of benzene rings is 2. The van der Waals surface area contributed by atoms with Crippen LogP contribution < -0.4 is 11.5 Å². The Bertz CT molecular complexity index is 828. The minimum atomic E-state index is -4.29. The Morgan fingerprint density at radius 3 is 1.56 bits per heavy atom. The van der Waals surface area contributed by atoms with Crippen molar-refractivity contribution in [2.45, 2.75) is 84.2 Å². The highest BCUT2D eigenvalue weighted by atomic mass is 19.4. The molecule has 0 aliphatic heterocycles. The maximum absolute atomic E-state index is 12.7. The summed E-state index contributed by atoms with van der Waals surface area (Å²) in [7, 11) is 0. The molecular formula is C27H41F3N2. The number of rotatable bonds is 6. The summed E-state index contributed by atoms with van der Waals surface area (Å²) >= 11 is 0. The van der Waals surface area contributed by atoms with Gasteiger partial charge < -0.3 is 11.5 Å². The van der Waals surface area contributed by atoms with Crippen LogP contribution in [0, 0.1) is 0 Å². The zero-order chi connectivity index (χ0) is 24.6. The Balaban J connectivity index is 0.000000330. The van der Waals surface area contributed by atoms with E-state index in [-0.39, 0.29) is 10.8 Å². The average molecular weight is 451 g/mol. The number of alkyl halides is 3. The summed E-state index contributed by atoms with van der Waals surface area (Å²) in [4.78, 5) is 0. The molecule has 0 aliphatic carbocycles. The number of hydrogen-bond donors (Lipinski definition) is 2. The Hall–Kier alpha value is -1.85. The molecule has 180 valence electrons. The van der Waals surface area contributed by atoms with Gasteiger partial charge in [0.1, 0.15) is 0 Å². The molecule has 5 heteroatoms. The van der Waals surface area contributed by atoms with Crippen LogP contribution in [0.15, 0.2) is 42.5 Å². The van der Waals surface area contributed by atoms with Gasteiger partial charge in [-0.1, -0.05) is 71.9 Å². The van der Waals surface area contributed by atoms with E-state index >= 15 is 0 Å². The Kier molecular flexibility index (Phi) is 10.4. The predicted molar refractivity (Wildman–Crippen MR) is 130 cm³/mol. The van der Waals surface area contributed by atoms with Crippen molar-refractivity contribution in [1.82, 2.24) is 0 Å². The molecule has 0 amide bonds. The first-order valence-electron chi connectivity index (χ1n) is 11.4. The molecule has 4 N–H and O–H groups in total. The summed E-state index contributed by atoms with van der Waals surface area (Å²) < 4.78 is 38.2. The third kappa shape index (κ3) is 8.95. The molecule has 0 bridgehead atoms. The van der Waals surface area contributed by atoms with Gasteiger partial charge in [-0.25, -0.2) is 0 Å². The topological polar surface area (TPSA) is 52.0 Å². The summed E-state index contributed by atoms with van der Waals surface area (Å²) in [6, 6.07) is 12.7. The van der Waals surface area contributed by atoms with E-state index in [1.807, 2.05) is 20.8 Å². The fraction of sp³-hybridized carbons (Fsp3) is 0.556. The van der Waals surface area contributed by atoms with Gasteiger partial charge in [-0.2, -0.15) is 13.2 Å². The van der Waals surface area contributed by atoms with Crippen LogP contribution in [0.5, 0.6) is 0 Å². The molecule has 0 aliphatic rings. The number of aryl methyl sites for hydroxylation is 2. The fourth-order valence-corrected chi connectivity index (χ4v) is 3.72. The molecule has 0 heterocycles. The third-order valence-corrected chi connectivity index (χ3v) is 5.37. The van der Waals surface area contributed by atoms with Crippen molar-refractivity contribution in [2.24, 2.45) is 11.5 Å². The van der Waals surface area contributed by atoms with Crippen LogP contribution in [-0.2, 0) is 29.8 Å². The molecule has 0 fully saturated rings. The van der Waals surface area contributed by atoms with E-state index < -0.39 is 11.7 Å². The maximum Gasteiger partial charge on any atom is 0.416 e. The van der Waals surface area contributed by atoms with Gasteiger partial charge in [0, 0.05) is 0 Å². The minimum absolute atomic E-state index is 0.241. The molecular weight excluding hydrogens is 409 g/mol. The third-order valence-electron chi connectivity index (χ3n) is 5.37. The molecule has 32 heavy (non-hydrogen) atoms. The second kappa shape index (κ2) is 11.9. The lowest BCUT2D eigenvalue weighted by atomic mass is 9.81. The minimum Gasteiger partial charge on any atom is -0.330 e. The largest absolute Gasteiger partial charge is 0.416 e. The quantitative estimate of drug-likeness (QED) is 0.510. The van der Waals surface area contributed by atoms with Crippen molar-refractivity contribution in [1.29, 1.82) is 0 Å². The monoisotopic (exact) mass is 450 g/mol. The van der Waals surface area contributed by atoms with E-state index in [2.05, 4.69) is 45.0 Å². The van der Waals surface area contributed by atoms with E-state index in [1.54, 1.807) is 6.07 Å². The average Bonchev–Trinajstić information content (AvgIpc) is 2.69. The Morgan fingerprint density at radius 2 is 1.12 bits per heavy atom. The predicted octanol–water partition coefficient (Wildman–Crippen LogP) is 6.77. The standard InChI is InChI=1S/C14H20F3N.C13H21N/c1-13(2,3)12-9-11(14(15,16)17)7-6-10(12)5-4-8-18;1-13(2,3)12-9-5-4-7-11(12)8-6-10-14/h6-7,9H,4-5,8,18H2,1-3H3;4-5,7,9H,6,8,10,14H2,1-3H3. The van der Waals surface area contributed by atoms with Crippen LogP contribution in [0.2, 0.25) is 0 Å². The Morgan fingerprint density at radius 1 is 0.656 bits per heavy atom. The van der Waals surface area contributed by atoms with Crippen molar-refractivity contribution < 1.29 is 13.2 Å². The highest BCUT2D eigenvalue weighted by Gasteiger charge is 2.32. The molecule has 2 rings (SSSR count). The summed E-state index contributed by atoms with van der Waals surface area (Å²) in [5.41, 5.74) is 15.0. The molecule has 0 unspecified atom stereocenters. The lowest BCUT2D eigenvalue weighted by molar-refractivity contribution is -0.137. The molecule has 0 atom stereocenters. The first kappa shape index (κ1) is 28.2. The molecule has 0 saturated heterocycles. The first-order chi connectivity index (χ1) is 14.7. The number of halogens is 3. The summed E-state index contributed by atoms with van der Waals surface area (Å²) in [6.07, 6.45) is -0.598. The van der Waals surface area contributed by atoms with E-state index in [1.165, 1.54) is 17.2 Å². The fourth-order valence-electron chi connectivity index (χ4n) is 3.72. The van der Waals surface area contributed by atoms with E-state index in [0.29, 0.717) is 6.54 Å². The van der Waals surface area contributed by atoms with Crippen LogP contribution in [0.25, 0.3) is 0 Å². The van der Waals surface area contributed by atoms with Crippen LogP contribution in [0.3, 0.4) is 0 Å². The molecule has 0 spiro atoms. The van der Waals surface area contributed by atoms with Crippen LogP contribution >= 0.6 is 0 Å². The highest BCUT2D eigenvalue weighted by Crippen LogP contribution is 2.35. The van der Waals surface area contributed by atoms with Crippen molar-refractivity contribution in [3.8, 4) is 0 Å². The van der Waals surface area contributed by atoms with Gasteiger partial charge in [-0.3, -0.25) is 0 Å². The molecule has 0 radical (unpaired) electrons.